The van der Waals surface area contributed by atoms with Crippen molar-refractivity contribution >= 4 is 40.4 Å². The normalized spacial score (nSPS) is 11.8. The van der Waals surface area contributed by atoms with E-state index < -0.39 is 0 Å². The van der Waals surface area contributed by atoms with Crippen LogP contribution in [0.5, 0.6) is 0 Å². The van der Waals surface area contributed by atoms with Crippen molar-refractivity contribution in [2.45, 2.75) is 6.92 Å². The highest BCUT2D eigenvalue weighted by atomic mass is 35.5. The highest BCUT2D eigenvalue weighted by molar-refractivity contribution is 7.09. The standard InChI is InChI=1S/C18H14Cl2N2OS/c1-11-16(12-7-9-13(19)10-8-12)22(2)18(24-11)21-17(23)14-5-3-4-6-15(14)20/h3-10H,1-2H3. The number of amides is 1. The maximum atomic E-state index is 12.4. The van der Waals surface area contributed by atoms with Gasteiger partial charge in [-0.2, -0.15) is 4.99 Å². The molecule has 1 heterocycles. The van der Waals surface area contributed by atoms with Gasteiger partial charge in [0.2, 0.25) is 0 Å². The Kier molecular flexibility index (Phi) is 4.90. The molecule has 0 unspecified atom stereocenters. The molecule has 0 fully saturated rings. The Morgan fingerprint density at radius 2 is 1.75 bits per heavy atom. The number of hydrogen-bond acceptors (Lipinski definition) is 2. The first-order chi connectivity index (χ1) is 11.5. The van der Waals surface area contributed by atoms with Crippen molar-refractivity contribution in [1.82, 2.24) is 4.57 Å². The van der Waals surface area contributed by atoms with Gasteiger partial charge >= 0.3 is 0 Å². The Balaban J connectivity index is 2.07. The molecule has 0 saturated carbocycles. The van der Waals surface area contributed by atoms with Gasteiger partial charge in [-0.3, -0.25) is 4.79 Å². The number of nitrogens with zero attached hydrogens (tertiary/aromatic N) is 2. The average molecular weight is 377 g/mol. The number of carbonyl (C=O) groups excluding carboxylic acids is 1. The van der Waals surface area contributed by atoms with Crippen LogP contribution in [0.3, 0.4) is 0 Å². The molecule has 6 heteroatoms. The van der Waals surface area contributed by atoms with E-state index in [4.69, 9.17) is 23.2 Å². The molecule has 0 atom stereocenters. The molecule has 0 spiro atoms. The van der Waals surface area contributed by atoms with Crippen LogP contribution in [0.2, 0.25) is 10.0 Å². The first-order valence-electron chi connectivity index (χ1n) is 7.23. The van der Waals surface area contributed by atoms with Crippen molar-refractivity contribution in [3.05, 3.63) is 73.8 Å². The van der Waals surface area contributed by atoms with Crippen molar-refractivity contribution in [2.24, 2.45) is 12.0 Å². The molecule has 0 bridgehead atoms. The second-order valence-electron chi connectivity index (χ2n) is 5.25. The topological polar surface area (TPSA) is 34.4 Å². The lowest BCUT2D eigenvalue weighted by atomic mass is 10.1. The molecule has 3 aromatic rings. The summed E-state index contributed by atoms with van der Waals surface area (Å²) >= 11 is 13.5. The number of rotatable bonds is 2. The monoisotopic (exact) mass is 376 g/mol. The van der Waals surface area contributed by atoms with Crippen molar-refractivity contribution in [2.75, 3.05) is 0 Å². The van der Waals surface area contributed by atoms with Gasteiger partial charge in [0.15, 0.2) is 4.80 Å². The molecule has 0 radical (unpaired) electrons. The molecule has 122 valence electrons. The van der Waals surface area contributed by atoms with E-state index in [-0.39, 0.29) is 5.91 Å². The van der Waals surface area contributed by atoms with Crippen molar-refractivity contribution in [3.8, 4) is 11.3 Å². The van der Waals surface area contributed by atoms with Crippen LogP contribution in [-0.2, 0) is 7.05 Å². The third kappa shape index (κ3) is 3.31. The van der Waals surface area contributed by atoms with E-state index in [1.165, 1.54) is 11.3 Å². The summed E-state index contributed by atoms with van der Waals surface area (Å²) in [5, 5.41) is 1.09. The van der Waals surface area contributed by atoms with Crippen LogP contribution in [0.15, 0.2) is 53.5 Å². The summed E-state index contributed by atoms with van der Waals surface area (Å²) in [6, 6.07) is 14.5. The Hall–Kier alpha value is -1.88. The van der Waals surface area contributed by atoms with Gasteiger partial charge in [-0.1, -0.05) is 47.5 Å². The molecule has 2 aromatic carbocycles. The van der Waals surface area contributed by atoms with Crippen LogP contribution >= 0.6 is 34.5 Å². The molecule has 24 heavy (non-hydrogen) atoms. The van der Waals surface area contributed by atoms with Crippen molar-refractivity contribution in [1.29, 1.82) is 0 Å². The zero-order valence-corrected chi connectivity index (χ0v) is 15.4. The quantitative estimate of drug-likeness (QED) is 0.611. The van der Waals surface area contributed by atoms with Gasteiger partial charge in [0, 0.05) is 16.9 Å². The van der Waals surface area contributed by atoms with Crippen molar-refractivity contribution < 1.29 is 4.79 Å². The second kappa shape index (κ2) is 6.93. The number of halogens is 2. The molecular formula is C18H14Cl2N2OS. The maximum Gasteiger partial charge on any atom is 0.281 e. The lowest BCUT2D eigenvalue weighted by molar-refractivity contribution is 0.0998. The van der Waals surface area contributed by atoms with E-state index in [0.29, 0.717) is 20.4 Å². The smallest absolute Gasteiger partial charge is 0.281 e. The van der Waals surface area contributed by atoms with E-state index in [2.05, 4.69) is 4.99 Å². The Morgan fingerprint density at radius 1 is 1.08 bits per heavy atom. The first kappa shape index (κ1) is 17.0. The Morgan fingerprint density at radius 3 is 2.42 bits per heavy atom. The van der Waals surface area contributed by atoms with Crippen LogP contribution in [0.1, 0.15) is 15.2 Å². The zero-order chi connectivity index (χ0) is 17.3. The number of hydrogen-bond donors (Lipinski definition) is 0. The molecule has 3 nitrogen and oxygen atoms in total. The van der Waals surface area contributed by atoms with Crippen LogP contribution < -0.4 is 4.80 Å². The van der Waals surface area contributed by atoms with Gasteiger partial charge in [0.25, 0.3) is 5.91 Å². The molecule has 0 aliphatic heterocycles. The molecule has 1 amide bonds. The summed E-state index contributed by atoms with van der Waals surface area (Å²) in [6.45, 7) is 2.01. The lowest BCUT2D eigenvalue weighted by Gasteiger charge is -2.05. The summed E-state index contributed by atoms with van der Waals surface area (Å²) < 4.78 is 1.91. The van der Waals surface area contributed by atoms with Crippen LogP contribution in [-0.4, -0.2) is 10.5 Å². The summed E-state index contributed by atoms with van der Waals surface area (Å²) in [4.78, 5) is 18.4. The third-order valence-electron chi connectivity index (χ3n) is 3.62. The fourth-order valence-corrected chi connectivity index (χ4v) is 3.79. The minimum atomic E-state index is -0.347. The Bertz CT molecular complexity index is 971. The number of carbonyl (C=O) groups is 1. The molecule has 0 N–H and O–H groups in total. The predicted octanol–water partition coefficient (Wildman–Crippen LogP) is 5.11. The van der Waals surface area contributed by atoms with Gasteiger partial charge in [-0.05, 0) is 36.8 Å². The van der Waals surface area contributed by atoms with Crippen LogP contribution in [0, 0.1) is 6.92 Å². The summed E-state index contributed by atoms with van der Waals surface area (Å²) in [5.74, 6) is -0.347. The number of benzene rings is 2. The third-order valence-corrected chi connectivity index (χ3v) is 5.25. The summed E-state index contributed by atoms with van der Waals surface area (Å²) in [6.07, 6.45) is 0. The van der Waals surface area contributed by atoms with E-state index in [1.54, 1.807) is 24.3 Å². The van der Waals surface area contributed by atoms with Gasteiger partial charge in [0.05, 0.1) is 16.3 Å². The van der Waals surface area contributed by atoms with E-state index >= 15 is 0 Å². The lowest BCUT2D eigenvalue weighted by Crippen LogP contribution is -2.14. The number of aryl methyl sites for hydroxylation is 1. The second-order valence-corrected chi connectivity index (χ2v) is 7.28. The van der Waals surface area contributed by atoms with E-state index in [1.807, 2.05) is 42.8 Å². The van der Waals surface area contributed by atoms with Gasteiger partial charge < -0.3 is 4.57 Å². The molecule has 1 aromatic heterocycles. The number of aromatic nitrogens is 1. The molecule has 0 aliphatic rings. The first-order valence-corrected chi connectivity index (χ1v) is 8.80. The summed E-state index contributed by atoms with van der Waals surface area (Å²) in [7, 11) is 1.89. The fraction of sp³-hybridized carbons (Fsp3) is 0.111. The SMILES string of the molecule is Cc1sc(=NC(=O)c2ccccc2Cl)n(C)c1-c1ccc(Cl)cc1. The fourth-order valence-electron chi connectivity index (χ4n) is 2.47. The average Bonchev–Trinajstić information content (AvgIpc) is 2.83. The van der Waals surface area contributed by atoms with Gasteiger partial charge in [0.1, 0.15) is 0 Å². The highest BCUT2D eigenvalue weighted by Crippen LogP contribution is 2.26. The van der Waals surface area contributed by atoms with Crippen molar-refractivity contribution in [3.63, 3.8) is 0 Å². The molecular weight excluding hydrogens is 363 g/mol. The largest absolute Gasteiger partial charge is 0.319 e. The van der Waals surface area contributed by atoms with E-state index in [0.717, 1.165) is 16.1 Å². The molecule has 0 saturated heterocycles. The van der Waals surface area contributed by atoms with Gasteiger partial charge in [-0.25, -0.2) is 0 Å². The zero-order valence-electron chi connectivity index (χ0n) is 13.1. The van der Waals surface area contributed by atoms with Gasteiger partial charge in [-0.15, -0.1) is 11.3 Å². The van der Waals surface area contributed by atoms with Crippen LogP contribution in [0.25, 0.3) is 11.3 Å². The van der Waals surface area contributed by atoms with E-state index in [9.17, 15) is 4.79 Å². The molecule has 3 rings (SSSR count). The molecule has 0 aliphatic carbocycles. The minimum Gasteiger partial charge on any atom is -0.319 e. The minimum absolute atomic E-state index is 0.347. The Labute approximate surface area is 153 Å². The predicted molar refractivity (Wildman–Crippen MR) is 99.8 cm³/mol. The summed E-state index contributed by atoms with van der Waals surface area (Å²) in [5.41, 5.74) is 2.45. The highest BCUT2D eigenvalue weighted by Gasteiger charge is 2.13. The van der Waals surface area contributed by atoms with Crippen LogP contribution in [0.4, 0.5) is 0 Å². The maximum absolute atomic E-state index is 12.4. The number of thiazole rings is 1.